The summed E-state index contributed by atoms with van der Waals surface area (Å²) < 4.78 is 5.78. The van der Waals surface area contributed by atoms with E-state index in [0.29, 0.717) is 6.61 Å². The average Bonchev–Trinajstić information content (AvgIpc) is 2.53. The van der Waals surface area contributed by atoms with Gasteiger partial charge in [-0.2, -0.15) is 0 Å². The van der Waals surface area contributed by atoms with E-state index in [2.05, 4.69) is 12.1 Å². The molecule has 0 saturated heterocycles. The molecule has 0 heterocycles. The molecule has 0 saturated carbocycles. The van der Waals surface area contributed by atoms with Gasteiger partial charge in [-0.25, -0.2) is 0 Å². The second-order valence-corrected chi connectivity index (χ2v) is 6.58. The highest BCUT2D eigenvalue weighted by Crippen LogP contribution is 2.14. The Morgan fingerprint density at radius 3 is 1.91 bits per heavy atom. The normalized spacial score (nSPS) is 12.3. The lowest BCUT2D eigenvalue weighted by Gasteiger charge is -2.08. The van der Waals surface area contributed by atoms with E-state index in [1.807, 2.05) is 19.1 Å². The second kappa shape index (κ2) is 13.4. The van der Waals surface area contributed by atoms with Crippen LogP contribution < -0.4 is 10.5 Å². The van der Waals surface area contributed by atoms with Crippen LogP contribution >= 0.6 is 0 Å². The van der Waals surface area contributed by atoms with E-state index in [0.717, 1.165) is 31.6 Å². The summed E-state index contributed by atoms with van der Waals surface area (Å²) in [7, 11) is 0. The Morgan fingerprint density at radius 1 is 0.870 bits per heavy atom. The van der Waals surface area contributed by atoms with E-state index in [1.165, 1.54) is 50.5 Å². The number of benzene rings is 1. The summed E-state index contributed by atoms with van der Waals surface area (Å²) in [6, 6.07) is 8.51. The maximum atomic E-state index is 8.70. The summed E-state index contributed by atoms with van der Waals surface area (Å²) in [6.45, 7) is 3.18. The number of aliphatic hydroxyl groups excluding tert-OH is 1. The van der Waals surface area contributed by atoms with Crippen molar-refractivity contribution in [3.8, 4) is 5.75 Å². The van der Waals surface area contributed by atoms with E-state index in [9.17, 15) is 0 Å². The molecule has 0 bridgehead atoms. The molecule has 3 heteroatoms. The fourth-order valence-electron chi connectivity index (χ4n) is 2.73. The third-order valence-corrected chi connectivity index (χ3v) is 4.05. The number of hydrogen-bond acceptors (Lipinski definition) is 3. The lowest BCUT2D eigenvalue weighted by Crippen LogP contribution is -2.17. The van der Waals surface area contributed by atoms with Crippen LogP contribution in [0.2, 0.25) is 0 Å². The Kier molecular flexibility index (Phi) is 11.6. The lowest BCUT2D eigenvalue weighted by atomic mass is 10.1. The summed E-state index contributed by atoms with van der Waals surface area (Å²) in [6.07, 6.45) is 12.0. The zero-order chi connectivity index (χ0) is 16.8. The predicted octanol–water partition coefficient (Wildman–Crippen LogP) is 4.46. The second-order valence-electron chi connectivity index (χ2n) is 6.58. The van der Waals surface area contributed by atoms with Crippen LogP contribution in [0.3, 0.4) is 0 Å². The third kappa shape index (κ3) is 11.2. The molecule has 0 amide bonds. The molecule has 3 nitrogen and oxygen atoms in total. The number of hydrogen-bond donors (Lipinski definition) is 2. The standard InChI is InChI=1S/C20H35NO2/c1-18(21)17-19-11-13-20(14-12-19)23-16-10-8-6-4-2-3-5-7-9-15-22/h11-14,18,22H,2-10,15-17,21H2,1H3. The number of unbranched alkanes of at least 4 members (excludes halogenated alkanes) is 8. The van der Waals surface area contributed by atoms with Gasteiger partial charge < -0.3 is 15.6 Å². The maximum Gasteiger partial charge on any atom is 0.119 e. The first-order chi connectivity index (χ1) is 11.2. The highest BCUT2D eigenvalue weighted by atomic mass is 16.5. The molecule has 23 heavy (non-hydrogen) atoms. The van der Waals surface area contributed by atoms with Gasteiger partial charge >= 0.3 is 0 Å². The molecule has 1 rings (SSSR count). The van der Waals surface area contributed by atoms with Gasteiger partial charge in [-0.15, -0.1) is 0 Å². The molecule has 1 aromatic carbocycles. The first kappa shape index (κ1) is 20.0. The Labute approximate surface area is 142 Å². The molecular formula is C20H35NO2. The van der Waals surface area contributed by atoms with Crippen LogP contribution in [-0.4, -0.2) is 24.4 Å². The first-order valence-electron chi connectivity index (χ1n) is 9.30. The minimum atomic E-state index is 0.205. The first-order valence-corrected chi connectivity index (χ1v) is 9.30. The number of rotatable bonds is 14. The quantitative estimate of drug-likeness (QED) is 0.497. The van der Waals surface area contributed by atoms with Crippen molar-refractivity contribution < 1.29 is 9.84 Å². The Morgan fingerprint density at radius 2 is 1.39 bits per heavy atom. The molecule has 0 aliphatic heterocycles. The van der Waals surface area contributed by atoms with Gasteiger partial charge in [0.1, 0.15) is 5.75 Å². The van der Waals surface area contributed by atoms with E-state index in [-0.39, 0.29) is 6.04 Å². The number of ether oxygens (including phenoxy) is 1. The molecule has 0 aliphatic rings. The van der Waals surface area contributed by atoms with Gasteiger partial charge in [0.25, 0.3) is 0 Å². The molecule has 1 unspecified atom stereocenters. The molecule has 0 radical (unpaired) electrons. The molecule has 0 spiro atoms. The van der Waals surface area contributed by atoms with Crippen molar-refractivity contribution in [3.63, 3.8) is 0 Å². The van der Waals surface area contributed by atoms with Crippen molar-refractivity contribution in [3.05, 3.63) is 29.8 Å². The number of nitrogens with two attached hydrogens (primary N) is 1. The summed E-state index contributed by atoms with van der Waals surface area (Å²) in [4.78, 5) is 0. The van der Waals surface area contributed by atoms with Crippen molar-refractivity contribution in [2.75, 3.05) is 13.2 Å². The Balaban J connectivity index is 1.94. The molecule has 1 atom stereocenters. The topological polar surface area (TPSA) is 55.5 Å². The summed E-state index contributed by atoms with van der Waals surface area (Å²) in [5.74, 6) is 0.960. The van der Waals surface area contributed by atoms with E-state index in [4.69, 9.17) is 15.6 Å². The average molecular weight is 322 g/mol. The van der Waals surface area contributed by atoms with Crippen LogP contribution in [0.1, 0.15) is 70.3 Å². The largest absolute Gasteiger partial charge is 0.494 e. The number of aliphatic hydroxyl groups is 1. The van der Waals surface area contributed by atoms with Gasteiger partial charge in [-0.3, -0.25) is 0 Å². The van der Waals surface area contributed by atoms with E-state index < -0.39 is 0 Å². The minimum absolute atomic E-state index is 0.205. The molecule has 0 fully saturated rings. The van der Waals surface area contributed by atoms with Crippen LogP contribution in [0.15, 0.2) is 24.3 Å². The van der Waals surface area contributed by atoms with Crippen molar-refractivity contribution in [2.24, 2.45) is 5.73 Å². The molecule has 3 N–H and O–H groups in total. The Bertz CT molecular complexity index is 376. The summed E-state index contributed by atoms with van der Waals surface area (Å²) in [5.41, 5.74) is 7.07. The van der Waals surface area contributed by atoms with Crippen molar-refractivity contribution in [1.82, 2.24) is 0 Å². The van der Waals surface area contributed by atoms with Gasteiger partial charge in [0.15, 0.2) is 0 Å². The molecule has 0 aliphatic carbocycles. The maximum absolute atomic E-state index is 8.70. The fourth-order valence-corrected chi connectivity index (χ4v) is 2.73. The fraction of sp³-hybridized carbons (Fsp3) is 0.700. The van der Waals surface area contributed by atoms with Crippen molar-refractivity contribution in [1.29, 1.82) is 0 Å². The zero-order valence-electron chi connectivity index (χ0n) is 14.8. The van der Waals surface area contributed by atoms with Crippen LogP contribution in [0.4, 0.5) is 0 Å². The van der Waals surface area contributed by atoms with Gasteiger partial charge in [0, 0.05) is 12.6 Å². The predicted molar refractivity (Wildman–Crippen MR) is 97.9 cm³/mol. The Hall–Kier alpha value is -1.06. The van der Waals surface area contributed by atoms with Gasteiger partial charge in [0.05, 0.1) is 6.61 Å². The van der Waals surface area contributed by atoms with Crippen LogP contribution in [-0.2, 0) is 6.42 Å². The van der Waals surface area contributed by atoms with Gasteiger partial charge in [0.2, 0.25) is 0 Å². The van der Waals surface area contributed by atoms with E-state index in [1.54, 1.807) is 0 Å². The van der Waals surface area contributed by atoms with Crippen LogP contribution in [0.25, 0.3) is 0 Å². The van der Waals surface area contributed by atoms with E-state index >= 15 is 0 Å². The monoisotopic (exact) mass is 321 g/mol. The smallest absolute Gasteiger partial charge is 0.119 e. The highest BCUT2D eigenvalue weighted by Gasteiger charge is 1.99. The summed E-state index contributed by atoms with van der Waals surface area (Å²) >= 11 is 0. The molecular weight excluding hydrogens is 286 g/mol. The third-order valence-electron chi connectivity index (χ3n) is 4.05. The van der Waals surface area contributed by atoms with Crippen molar-refractivity contribution in [2.45, 2.75) is 77.2 Å². The summed E-state index contributed by atoms with van der Waals surface area (Å²) in [5, 5.41) is 8.70. The van der Waals surface area contributed by atoms with Gasteiger partial charge in [-0.05, 0) is 43.9 Å². The van der Waals surface area contributed by atoms with Crippen LogP contribution in [0, 0.1) is 0 Å². The lowest BCUT2D eigenvalue weighted by molar-refractivity contribution is 0.282. The molecule has 1 aromatic rings. The zero-order valence-corrected chi connectivity index (χ0v) is 14.8. The SMILES string of the molecule is CC(N)Cc1ccc(OCCCCCCCCCCCO)cc1. The highest BCUT2D eigenvalue weighted by molar-refractivity contribution is 5.27. The van der Waals surface area contributed by atoms with Crippen molar-refractivity contribution >= 4 is 0 Å². The minimum Gasteiger partial charge on any atom is -0.494 e. The molecule has 0 aromatic heterocycles. The molecule has 132 valence electrons. The van der Waals surface area contributed by atoms with Gasteiger partial charge in [-0.1, -0.05) is 57.1 Å². The van der Waals surface area contributed by atoms with Crippen LogP contribution in [0.5, 0.6) is 5.75 Å².